The van der Waals surface area contributed by atoms with Crippen LogP contribution in [0.2, 0.25) is 10.0 Å². The number of rotatable bonds is 5. The summed E-state index contributed by atoms with van der Waals surface area (Å²) in [5.41, 5.74) is 0.322. The minimum absolute atomic E-state index is 0.202. The van der Waals surface area contributed by atoms with Crippen LogP contribution in [0.1, 0.15) is 0 Å². The van der Waals surface area contributed by atoms with Crippen molar-refractivity contribution in [1.29, 1.82) is 0 Å². The van der Waals surface area contributed by atoms with Crippen molar-refractivity contribution in [3.05, 3.63) is 28.2 Å². The Balaban J connectivity index is 2.64. The van der Waals surface area contributed by atoms with Crippen molar-refractivity contribution in [3.8, 4) is 0 Å². The molecule has 1 amide bonds. The standard InChI is InChI=1S/C10H13Cl2N3O3S/c1-15(2)19(17,18)13-6-9(16)14-8-5-3-4-7(11)10(8)12/h3-5,13H,6H2,1-2H3,(H,14,16). The number of hydrogen-bond donors (Lipinski definition) is 2. The molecule has 9 heteroatoms. The van der Waals surface area contributed by atoms with Crippen molar-refractivity contribution in [3.63, 3.8) is 0 Å². The first-order chi connectivity index (χ1) is 8.74. The Bertz CT molecular complexity index is 575. The minimum atomic E-state index is -3.64. The zero-order valence-electron chi connectivity index (χ0n) is 10.3. The molecule has 0 unspecified atom stereocenters. The van der Waals surface area contributed by atoms with E-state index in [9.17, 15) is 13.2 Å². The van der Waals surface area contributed by atoms with Gasteiger partial charge in [-0.2, -0.15) is 17.4 Å². The van der Waals surface area contributed by atoms with Crippen LogP contribution in [0.5, 0.6) is 0 Å². The van der Waals surface area contributed by atoms with E-state index in [1.165, 1.54) is 14.1 Å². The van der Waals surface area contributed by atoms with E-state index >= 15 is 0 Å². The summed E-state index contributed by atoms with van der Waals surface area (Å²) in [6, 6.07) is 4.76. The van der Waals surface area contributed by atoms with Crippen LogP contribution in [0.25, 0.3) is 0 Å². The molecule has 1 rings (SSSR count). The minimum Gasteiger partial charge on any atom is -0.324 e. The van der Waals surface area contributed by atoms with Crippen molar-refractivity contribution in [2.24, 2.45) is 0 Å². The van der Waals surface area contributed by atoms with E-state index in [-0.39, 0.29) is 5.02 Å². The van der Waals surface area contributed by atoms with Crippen molar-refractivity contribution in [1.82, 2.24) is 9.03 Å². The second-order valence-electron chi connectivity index (χ2n) is 3.76. The second kappa shape index (κ2) is 6.53. The summed E-state index contributed by atoms with van der Waals surface area (Å²) in [4.78, 5) is 11.6. The Hall–Kier alpha value is -0.860. The van der Waals surface area contributed by atoms with E-state index in [1.807, 2.05) is 0 Å². The summed E-state index contributed by atoms with van der Waals surface area (Å²) in [6.45, 7) is -0.399. The third kappa shape index (κ3) is 4.63. The molecule has 0 heterocycles. The van der Waals surface area contributed by atoms with E-state index in [2.05, 4.69) is 10.0 Å². The molecule has 0 aliphatic carbocycles. The molecule has 1 aromatic rings. The highest BCUT2D eigenvalue weighted by Gasteiger charge is 2.15. The number of benzene rings is 1. The molecule has 0 spiro atoms. The third-order valence-corrected chi connectivity index (χ3v) is 4.41. The summed E-state index contributed by atoms with van der Waals surface area (Å²) in [7, 11) is -0.930. The molecule has 2 N–H and O–H groups in total. The maximum absolute atomic E-state index is 11.6. The second-order valence-corrected chi connectivity index (χ2v) is 6.51. The van der Waals surface area contributed by atoms with Crippen LogP contribution in [0.15, 0.2) is 18.2 Å². The highest BCUT2D eigenvalue weighted by Crippen LogP contribution is 2.29. The van der Waals surface area contributed by atoms with Gasteiger partial charge in [0.1, 0.15) is 0 Å². The van der Waals surface area contributed by atoms with Gasteiger partial charge in [0.15, 0.2) is 0 Å². The fraction of sp³-hybridized carbons (Fsp3) is 0.300. The van der Waals surface area contributed by atoms with E-state index in [4.69, 9.17) is 23.2 Å². The number of carbonyl (C=O) groups is 1. The van der Waals surface area contributed by atoms with Gasteiger partial charge in [-0.05, 0) is 12.1 Å². The highest BCUT2D eigenvalue weighted by molar-refractivity contribution is 7.87. The van der Waals surface area contributed by atoms with Gasteiger partial charge in [0.2, 0.25) is 5.91 Å². The predicted molar refractivity (Wildman–Crippen MR) is 75.7 cm³/mol. The molecular formula is C10H13Cl2N3O3S. The molecule has 0 bridgehead atoms. The third-order valence-electron chi connectivity index (χ3n) is 2.12. The van der Waals surface area contributed by atoms with Gasteiger partial charge in [0.25, 0.3) is 10.2 Å². The van der Waals surface area contributed by atoms with Gasteiger partial charge in [-0.15, -0.1) is 0 Å². The van der Waals surface area contributed by atoms with Crippen molar-refractivity contribution < 1.29 is 13.2 Å². The van der Waals surface area contributed by atoms with E-state index < -0.39 is 22.7 Å². The van der Waals surface area contributed by atoms with Gasteiger partial charge < -0.3 is 5.32 Å². The monoisotopic (exact) mass is 325 g/mol. The lowest BCUT2D eigenvalue weighted by atomic mass is 10.3. The largest absolute Gasteiger partial charge is 0.324 e. The molecule has 0 atom stereocenters. The molecule has 0 aromatic heterocycles. The van der Waals surface area contributed by atoms with E-state index in [0.29, 0.717) is 10.7 Å². The van der Waals surface area contributed by atoms with Crippen LogP contribution in [0.4, 0.5) is 5.69 Å². The summed E-state index contributed by atoms with van der Waals surface area (Å²) in [6.07, 6.45) is 0. The Morgan fingerprint density at radius 2 is 1.95 bits per heavy atom. The average Bonchev–Trinajstić information content (AvgIpc) is 2.32. The maximum Gasteiger partial charge on any atom is 0.279 e. The number of anilines is 1. The Labute approximate surface area is 121 Å². The number of halogens is 2. The fourth-order valence-corrected chi connectivity index (χ4v) is 2.00. The molecular weight excluding hydrogens is 313 g/mol. The molecule has 19 heavy (non-hydrogen) atoms. The molecule has 0 fully saturated rings. The summed E-state index contributed by atoms with van der Waals surface area (Å²) in [5, 5.41) is 2.96. The number of hydrogen-bond acceptors (Lipinski definition) is 3. The molecule has 1 aromatic carbocycles. The maximum atomic E-state index is 11.6. The van der Waals surface area contributed by atoms with Crippen LogP contribution < -0.4 is 10.0 Å². The van der Waals surface area contributed by atoms with Gasteiger partial charge in [-0.3, -0.25) is 4.79 Å². The first-order valence-corrected chi connectivity index (χ1v) is 7.34. The van der Waals surface area contributed by atoms with Crippen LogP contribution in [-0.2, 0) is 15.0 Å². The molecule has 0 aliphatic heterocycles. The zero-order valence-corrected chi connectivity index (χ0v) is 12.6. The van der Waals surface area contributed by atoms with Crippen molar-refractivity contribution in [2.45, 2.75) is 0 Å². The van der Waals surface area contributed by atoms with Crippen LogP contribution in [0, 0.1) is 0 Å². The van der Waals surface area contributed by atoms with Gasteiger partial charge in [0.05, 0.1) is 22.3 Å². The number of nitrogens with one attached hydrogen (secondary N) is 2. The van der Waals surface area contributed by atoms with Gasteiger partial charge >= 0.3 is 0 Å². The lowest BCUT2D eigenvalue weighted by Gasteiger charge is -2.12. The lowest BCUT2D eigenvalue weighted by molar-refractivity contribution is -0.115. The van der Waals surface area contributed by atoms with Crippen molar-refractivity contribution >= 4 is 45.0 Å². The van der Waals surface area contributed by atoms with E-state index in [0.717, 1.165) is 4.31 Å². The summed E-state index contributed by atoms with van der Waals surface area (Å²) in [5.74, 6) is -0.547. The average molecular weight is 326 g/mol. The van der Waals surface area contributed by atoms with Gasteiger partial charge in [-0.1, -0.05) is 29.3 Å². The van der Waals surface area contributed by atoms with Gasteiger partial charge in [-0.25, -0.2) is 0 Å². The molecule has 0 saturated heterocycles. The quantitative estimate of drug-likeness (QED) is 0.857. The van der Waals surface area contributed by atoms with Crippen LogP contribution in [0.3, 0.4) is 0 Å². The molecule has 6 nitrogen and oxygen atoms in total. The normalized spacial score (nSPS) is 11.6. The zero-order chi connectivity index (χ0) is 14.6. The Morgan fingerprint density at radius 3 is 2.53 bits per heavy atom. The number of amides is 1. The predicted octanol–water partition coefficient (Wildman–Crippen LogP) is 1.33. The first kappa shape index (κ1) is 16.2. The first-order valence-electron chi connectivity index (χ1n) is 5.15. The lowest BCUT2D eigenvalue weighted by Crippen LogP contribution is -2.40. The van der Waals surface area contributed by atoms with Crippen LogP contribution in [-0.4, -0.2) is 39.3 Å². The van der Waals surface area contributed by atoms with E-state index in [1.54, 1.807) is 18.2 Å². The summed E-state index contributed by atoms with van der Waals surface area (Å²) < 4.78 is 25.9. The topological polar surface area (TPSA) is 78.5 Å². The smallest absolute Gasteiger partial charge is 0.279 e. The summed E-state index contributed by atoms with van der Waals surface area (Å²) >= 11 is 11.7. The molecule has 0 saturated carbocycles. The van der Waals surface area contributed by atoms with Gasteiger partial charge in [0, 0.05) is 14.1 Å². The molecule has 0 radical (unpaired) electrons. The molecule has 0 aliphatic rings. The number of nitrogens with zero attached hydrogens (tertiary/aromatic N) is 1. The SMILES string of the molecule is CN(C)S(=O)(=O)NCC(=O)Nc1cccc(Cl)c1Cl. The Kier molecular flexibility index (Phi) is 5.57. The molecule has 106 valence electrons. The highest BCUT2D eigenvalue weighted by atomic mass is 35.5. The number of carbonyl (C=O) groups excluding carboxylic acids is 1. The van der Waals surface area contributed by atoms with Crippen molar-refractivity contribution in [2.75, 3.05) is 26.0 Å². The fourth-order valence-electron chi connectivity index (χ4n) is 1.08. The van der Waals surface area contributed by atoms with Crippen LogP contribution >= 0.6 is 23.2 Å². The Morgan fingerprint density at radius 1 is 1.32 bits per heavy atom.